The van der Waals surface area contributed by atoms with Crippen LogP contribution in [-0.4, -0.2) is 65.1 Å². The zero-order valence-electron chi connectivity index (χ0n) is 25.8. The summed E-state index contributed by atoms with van der Waals surface area (Å²) in [6.45, 7) is 4.56. The van der Waals surface area contributed by atoms with E-state index in [0.29, 0.717) is 22.8 Å². The highest BCUT2D eigenvalue weighted by Crippen LogP contribution is 2.37. The Labute approximate surface area is 279 Å². The fraction of sp³-hybridized carbons (Fsp3) is 0.355. The normalized spacial score (nSPS) is 12.6. The van der Waals surface area contributed by atoms with Gasteiger partial charge in [-0.1, -0.05) is 47.8 Å². The number of ether oxygens (including phenoxy) is 3. The molecule has 45 heavy (non-hydrogen) atoms. The van der Waals surface area contributed by atoms with E-state index in [4.69, 9.17) is 49.0 Å². The molecule has 0 saturated carbocycles. The molecule has 0 fully saturated rings. The molecule has 1 N–H and O–H groups in total. The second-order valence-electron chi connectivity index (χ2n) is 10.1. The van der Waals surface area contributed by atoms with E-state index in [9.17, 15) is 18.0 Å². The minimum Gasteiger partial charge on any atom is -0.495 e. The Morgan fingerprint density at radius 1 is 0.844 bits per heavy atom. The number of anilines is 1. The van der Waals surface area contributed by atoms with Crippen LogP contribution in [-0.2, 0) is 26.2 Å². The molecular weight excluding hydrogens is 665 g/mol. The largest absolute Gasteiger partial charge is 0.495 e. The maximum atomic E-state index is 14.3. The van der Waals surface area contributed by atoms with Crippen molar-refractivity contribution in [2.75, 3.05) is 32.2 Å². The average molecular weight is 701 g/mol. The van der Waals surface area contributed by atoms with Gasteiger partial charge in [-0.25, -0.2) is 8.42 Å². The van der Waals surface area contributed by atoms with Gasteiger partial charge in [0.25, 0.3) is 10.0 Å². The summed E-state index contributed by atoms with van der Waals surface area (Å²) in [6, 6.07) is 12.2. The average Bonchev–Trinajstić information content (AvgIpc) is 3.02. The first-order chi connectivity index (χ1) is 21.3. The van der Waals surface area contributed by atoms with Crippen LogP contribution in [0.25, 0.3) is 0 Å². The highest BCUT2D eigenvalue weighted by Gasteiger charge is 2.34. The highest BCUT2D eigenvalue weighted by molar-refractivity contribution is 7.92. The van der Waals surface area contributed by atoms with Crippen molar-refractivity contribution in [1.29, 1.82) is 0 Å². The molecule has 3 aromatic rings. The van der Waals surface area contributed by atoms with Crippen LogP contribution in [0, 0.1) is 0 Å². The van der Waals surface area contributed by atoms with Crippen LogP contribution in [0.15, 0.2) is 59.5 Å². The highest BCUT2D eigenvalue weighted by atomic mass is 35.5. The van der Waals surface area contributed by atoms with E-state index >= 15 is 0 Å². The molecule has 0 aliphatic carbocycles. The van der Waals surface area contributed by atoms with Crippen LogP contribution in [0.2, 0.25) is 15.1 Å². The molecule has 0 aromatic heterocycles. The fourth-order valence-corrected chi connectivity index (χ4v) is 6.28. The van der Waals surface area contributed by atoms with Gasteiger partial charge in [-0.05, 0) is 68.3 Å². The Morgan fingerprint density at radius 2 is 1.49 bits per heavy atom. The lowest BCUT2D eigenvalue weighted by molar-refractivity contribution is -0.139. The van der Waals surface area contributed by atoms with Gasteiger partial charge in [0, 0.05) is 23.7 Å². The lowest BCUT2D eigenvalue weighted by Crippen LogP contribution is -2.52. The number of sulfonamides is 1. The maximum absolute atomic E-state index is 14.3. The van der Waals surface area contributed by atoms with E-state index in [-0.39, 0.29) is 44.7 Å². The van der Waals surface area contributed by atoms with Gasteiger partial charge in [-0.3, -0.25) is 13.9 Å². The van der Waals surface area contributed by atoms with E-state index in [1.54, 1.807) is 25.1 Å². The van der Waals surface area contributed by atoms with Crippen molar-refractivity contribution >= 4 is 62.3 Å². The summed E-state index contributed by atoms with van der Waals surface area (Å²) in [5, 5.41) is 3.68. The first kappa shape index (κ1) is 36.1. The van der Waals surface area contributed by atoms with Gasteiger partial charge < -0.3 is 24.4 Å². The predicted octanol–water partition coefficient (Wildman–Crippen LogP) is 6.20. The van der Waals surface area contributed by atoms with Gasteiger partial charge in [-0.2, -0.15) is 0 Å². The number of hydrogen-bond acceptors (Lipinski definition) is 7. The molecule has 2 atom stereocenters. The van der Waals surface area contributed by atoms with Crippen molar-refractivity contribution in [1.82, 2.24) is 10.2 Å². The second-order valence-corrected chi connectivity index (χ2v) is 13.2. The Morgan fingerprint density at radius 3 is 2.09 bits per heavy atom. The maximum Gasteiger partial charge on any atom is 0.265 e. The van der Waals surface area contributed by atoms with Crippen molar-refractivity contribution < 1.29 is 32.2 Å². The number of amides is 2. The molecule has 0 saturated heterocycles. The van der Waals surface area contributed by atoms with E-state index in [1.807, 2.05) is 13.8 Å². The quantitative estimate of drug-likeness (QED) is 0.213. The van der Waals surface area contributed by atoms with Crippen LogP contribution in [0.3, 0.4) is 0 Å². The Bertz CT molecular complexity index is 1640. The van der Waals surface area contributed by atoms with Gasteiger partial charge in [0.2, 0.25) is 11.8 Å². The van der Waals surface area contributed by atoms with E-state index < -0.39 is 34.4 Å². The molecule has 0 aliphatic rings. The number of carbonyl (C=O) groups excluding carboxylic acids is 2. The van der Waals surface area contributed by atoms with Crippen LogP contribution >= 0.6 is 34.8 Å². The zero-order chi connectivity index (χ0) is 33.5. The summed E-state index contributed by atoms with van der Waals surface area (Å²) in [6.07, 6.45) is 0.672. The number of nitrogens with zero attached hydrogens (tertiary/aromatic N) is 2. The van der Waals surface area contributed by atoms with Crippen molar-refractivity contribution in [2.45, 2.75) is 50.7 Å². The number of carbonyl (C=O) groups is 2. The number of halogens is 3. The number of benzene rings is 3. The molecule has 0 radical (unpaired) electrons. The van der Waals surface area contributed by atoms with Crippen LogP contribution in [0.5, 0.6) is 17.2 Å². The molecule has 0 spiro atoms. The third-order valence-electron chi connectivity index (χ3n) is 7.14. The molecule has 244 valence electrons. The molecule has 0 heterocycles. The Hall–Kier alpha value is -3.38. The van der Waals surface area contributed by atoms with Gasteiger partial charge >= 0.3 is 0 Å². The summed E-state index contributed by atoms with van der Waals surface area (Å²) >= 11 is 18.7. The van der Waals surface area contributed by atoms with Gasteiger partial charge in [0.1, 0.15) is 18.3 Å². The summed E-state index contributed by atoms with van der Waals surface area (Å²) < 4.78 is 45.6. The van der Waals surface area contributed by atoms with Crippen molar-refractivity contribution in [3.63, 3.8) is 0 Å². The van der Waals surface area contributed by atoms with Gasteiger partial charge in [0.15, 0.2) is 11.5 Å². The Kier molecular flexibility index (Phi) is 12.6. The summed E-state index contributed by atoms with van der Waals surface area (Å²) in [7, 11) is -0.300. The first-order valence-electron chi connectivity index (χ1n) is 13.9. The SMILES string of the molecule is CC[C@H](C)NC(=O)[C@@H](C)N(Cc1ccc(Cl)c(Cl)c1)C(=O)CN(c1cc(Cl)ccc1OC)S(=O)(=O)c1ccc(OC)c(OC)c1. The van der Waals surface area contributed by atoms with E-state index in [0.717, 1.165) is 4.31 Å². The molecular formula is C31H36Cl3N3O7S. The minimum absolute atomic E-state index is 0.0133. The molecule has 3 rings (SSSR count). The number of nitrogens with one attached hydrogen (secondary N) is 1. The smallest absolute Gasteiger partial charge is 0.265 e. The molecule has 0 bridgehead atoms. The van der Waals surface area contributed by atoms with Crippen molar-refractivity contribution in [3.05, 3.63) is 75.2 Å². The van der Waals surface area contributed by atoms with Crippen LogP contribution in [0.1, 0.15) is 32.8 Å². The summed E-state index contributed by atoms with van der Waals surface area (Å²) in [4.78, 5) is 28.6. The zero-order valence-corrected chi connectivity index (χ0v) is 28.9. The monoisotopic (exact) mass is 699 g/mol. The number of methoxy groups -OCH3 is 3. The van der Waals surface area contributed by atoms with E-state index in [2.05, 4.69) is 5.32 Å². The topological polar surface area (TPSA) is 114 Å². The first-order valence-corrected chi connectivity index (χ1v) is 16.5. The van der Waals surface area contributed by atoms with Crippen molar-refractivity contribution in [2.24, 2.45) is 0 Å². The molecule has 3 aromatic carbocycles. The van der Waals surface area contributed by atoms with Crippen molar-refractivity contribution in [3.8, 4) is 17.2 Å². The predicted molar refractivity (Wildman–Crippen MR) is 176 cm³/mol. The summed E-state index contributed by atoms with van der Waals surface area (Å²) in [5.41, 5.74) is 0.593. The number of rotatable bonds is 14. The standard InChI is InChI=1S/C31H36Cl3N3O7S/c1-7-19(2)35-31(39)20(3)36(17-21-8-11-24(33)25(34)14-21)30(38)18-37(26-15-22(32)9-12-27(26)42-4)45(40,41)23-10-13-28(43-5)29(16-23)44-6/h8-16,19-20H,7,17-18H2,1-6H3,(H,35,39)/t19-,20+/m0/s1. The molecule has 0 unspecified atom stereocenters. The fourth-order valence-electron chi connectivity index (χ4n) is 4.36. The second kappa shape index (κ2) is 15.8. The molecule has 2 amide bonds. The molecule has 0 aliphatic heterocycles. The lowest BCUT2D eigenvalue weighted by Gasteiger charge is -2.33. The van der Waals surface area contributed by atoms with E-state index in [1.165, 1.54) is 62.6 Å². The summed E-state index contributed by atoms with van der Waals surface area (Å²) in [5.74, 6) is -0.464. The minimum atomic E-state index is -4.47. The Balaban J connectivity index is 2.16. The lowest BCUT2D eigenvalue weighted by atomic mass is 10.1. The van der Waals surface area contributed by atoms with Gasteiger partial charge in [0.05, 0.1) is 42.0 Å². The molecule has 14 heteroatoms. The van der Waals surface area contributed by atoms with Gasteiger partial charge in [-0.15, -0.1) is 0 Å². The third-order valence-corrected chi connectivity index (χ3v) is 9.87. The molecule has 10 nitrogen and oxygen atoms in total. The third kappa shape index (κ3) is 8.66. The number of hydrogen-bond donors (Lipinski definition) is 1. The van der Waals surface area contributed by atoms with Crippen LogP contribution in [0.4, 0.5) is 5.69 Å². The van der Waals surface area contributed by atoms with Crippen LogP contribution < -0.4 is 23.8 Å².